The monoisotopic (exact) mass is 298 g/mol. The minimum atomic E-state index is -4.12. The number of hydrogen-bond donors (Lipinski definition) is 0. The predicted octanol–water partition coefficient (Wildman–Crippen LogP) is 1.78. The van der Waals surface area contributed by atoms with Gasteiger partial charge in [0.1, 0.15) is 0 Å². The molecule has 16 heavy (non-hydrogen) atoms. The van der Waals surface area contributed by atoms with Gasteiger partial charge in [0.15, 0.2) is 0 Å². The third-order valence-electron chi connectivity index (χ3n) is 1.68. The Balaban J connectivity index is 2.62. The molecule has 0 radical (unpaired) electrons. The Morgan fingerprint density at radius 3 is 2.31 bits per heavy atom. The van der Waals surface area contributed by atoms with Crippen LogP contribution in [0.3, 0.4) is 0 Å². The molecule has 0 unspecified atom stereocenters. The molecule has 0 N–H and O–H groups in total. The first-order valence-corrected chi connectivity index (χ1v) is 6.37. The molecule has 2 nitrogen and oxygen atoms in total. The number of methoxy groups -OCH3 is 1. The van der Waals surface area contributed by atoms with Crippen LogP contribution in [0.25, 0.3) is 0 Å². The number of alkyl halides is 3. The Morgan fingerprint density at radius 1 is 1.31 bits per heavy atom. The van der Waals surface area contributed by atoms with E-state index in [4.69, 9.17) is 0 Å². The van der Waals surface area contributed by atoms with Gasteiger partial charge in [0.25, 0.3) is 0 Å². The molecule has 0 amide bonds. The van der Waals surface area contributed by atoms with E-state index in [-0.39, 0.29) is 0 Å². The average molecular weight is 297 g/mol. The van der Waals surface area contributed by atoms with Gasteiger partial charge in [0.2, 0.25) is 0 Å². The summed E-state index contributed by atoms with van der Waals surface area (Å²) < 4.78 is 40.9. The molecular weight excluding hydrogens is 288 g/mol. The van der Waals surface area contributed by atoms with Crippen molar-refractivity contribution in [3.8, 4) is 0 Å². The van der Waals surface area contributed by atoms with Gasteiger partial charge in [-0.25, -0.2) is 0 Å². The van der Waals surface area contributed by atoms with Gasteiger partial charge < -0.3 is 0 Å². The molecule has 0 bridgehead atoms. The van der Waals surface area contributed by atoms with E-state index in [1.54, 1.807) is 0 Å². The van der Waals surface area contributed by atoms with E-state index in [0.717, 1.165) is 0 Å². The number of hydrogen-bond acceptors (Lipinski definition) is 2. The summed E-state index contributed by atoms with van der Waals surface area (Å²) in [5.41, 5.74) is 0.342. The van der Waals surface area contributed by atoms with Crippen LogP contribution in [0, 0.1) is 0 Å². The molecule has 0 spiro atoms. The zero-order valence-corrected chi connectivity index (χ0v) is 10.1. The number of benzene rings is 1. The first-order chi connectivity index (χ1) is 7.42. The van der Waals surface area contributed by atoms with Gasteiger partial charge in [-0.1, -0.05) is 0 Å². The van der Waals surface area contributed by atoms with Crippen molar-refractivity contribution in [1.29, 1.82) is 0 Å². The summed E-state index contributed by atoms with van der Waals surface area (Å²) in [6.45, 7) is 0. The summed E-state index contributed by atoms with van der Waals surface area (Å²) in [4.78, 5) is 11.0. The van der Waals surface area contributed by atoms with E-state index in [1.807, 2.05) is 0 Å². The standard InChI is InChI=1S/C10H9F3O2Se/c1-15-9(14)7-2-4-8(5-3-7)16-6-10(11,12)13/h2-5H,6H2,1H3. The second kappa shape index (κ2) is 5.36. The molecule has 0 aliphatic heterocycles. The van der Waals surface area contributed by atoms with E-state index in [0.29, 0.717) is 10.0 Å². The summed E-state index contributed by atoms with van der Waals surface area (Å²) in [5, 5.41) is -0.794. The molecule has 0 saturated heterocycles. The molecule has 0 fully saturated rings. The third-order valence-corrected chi connectivity index (χ3v) is 3.94. The van der Waals surface area contributed by atoms with Crippen LogP contribution in [0.15, 0.2) is 24.3 Å². The zero-order chi connectivity index (χ0) is 12.2. The summed E-state index contributed by atoms with van der Waals surface area (Å²) in [5.74, 6) is -0.491. The minimum absolute atomic E-state index is 0.342. The van der Waals surface area contributed by atoms with E-state index >= 15 is 0 Å². The zero-order valence-electron chi connectivity index (χ0n) is 8.38. The molecule has 0 aromatic heterocycles. The fraction of sp³-hybridized carbons (Fsp3) is 0.300. The first-order valence-electron chi connectivity index (χ1n) is 4.30. The van der Waals surface area contributed by atoms with Crippen molar-refractivity contribution in [1.82, 2.24) is 0 Å². The average Bonchev–Trinajstić information content (AvgIpc) is 2.25. The van der Waals surface area contributed by atoms with Crippen molar-refractivity contribution >= 4 is 25.4 Å². The van der Waals surface area contributed by atoms with Gasteiger partial charge in [-0.2, -0.15) is 0 Å². The molecule has 0 atom stereocenters. The van der Waals surface area contributed by atoms with Gasteiger partial charge in [0, 0.05) is 0 Å². The fourth-order valence-electron chi connectivity index (χ4n) is 0.970. The molecule has 0 aliphatic carbocycles. The fourth-order valence-corrected chi connectivity index (χ4v) is 2.35. The van der Waals surface area contributed by atoms with Crippen LogP contribution in [0.5, 0.6) is 0 Å². The molecule has 1 aromatic carbocycles. The SMILES string of the molecule is COC(=O)c1ccc([Se]CC(F)(F)F)cc1. The summed E-state index contributed by atoms with van der Waals surface area (Å²) in [6.07, 6.45) is -4.12. The predicted molar refractivity (Wildman–Crippen MR) is 54.0 cm³/mol. The van der Waals surface area contributed by atoms with E-state index in [9.17, 15) is 18.0 Å². The molecule has 0 heterocycles. The second-order valence-corrected chi connectivity index (χ2v) is 5.12. The van der Waals surface area contributed by atoms with Crippen LogP contribution in [0.2, 0.25) is 5.32 Å². The van der Waals surface area contributed by atoms with Crippen molar-refractivity contribution in [2.24, 2.45) is 0 Å². The molecule has 1 rings (SSSR count). The quantitative estimate of drug-likeness (QED) is 0.628. The van der Waals surface area contributed by atoms with Crippen molar-refractivity contribution in [3.63, 3.8) is 0 Å². The second-order valence-electron chi connectivity index (χ2n) is 2.92. The van der Waals surface area contributed by atoms with Gasteiger partial charge in [-0.3, -0.25) is 0 Å². The van der Waals surface area contributed by atoms with Gasteiger partial charge >= 0.3 is 96.5 Å². The maximum atomic E-state index is 11.9. The van der Waals surface area contributed by atoms with Crippen LogP contribution in [0.1, 0.15) is 10.4 Å². The molecular formula is C10H9F3O2Se. The van der Waals surface area contributed by atoms with Crippen LogP contribution in [0.4, 0.5) is 13.2 Å². The van der Waals surface area contributed by atoms with Crippen molar-refractivity contribution < 1.29 is 22.7 Å². The van der Waals surface area contributed by atoms with Crippen molar-refractivity contribution in [2.45, 2.75) is 11.5 Å². The van der Waals surface area contributed by atoms with Crippen molar-refractivity contribution in [3.05, 3.63) is 29.8 Å². The van der Waals surface area contributed by atoms with Gasteiger partial charge in [0.05, 0.1) is 0 Å². The normalized spacial score (nSPS) is 11.2. The van der Waals surface area contributed by atoms with Gasteiger partial charge in [-0.15, -0.1) is 0 Å². The molecule has 88 valence electrons. The Bertz CT molecular complexity index is 359. The van der Waals surface area contributed by atoms with Crippen molar-refractivity contribution in [2.75, 3.05) is 7.11 Å². The Labute approximate surface area is 96.9 Å². The molecule has 1 aromatic rings. The Kier molecular flexibility index (Phi) is 4.38. The van der Waals surface area contributed by atoms with E-state index < -0.39 is 32.4 Å². The van der Waals surface area contributed by atoms with Crippen LogP contribution in [-0.2, 0) is 4.74 Å². The molecule has 6 heteroatoms. The molecule has 0 aliphatic rings. The van der Waals surface area contributed by atoms with Crippen LogP contribution >= 0.6 is 0 Å². The first kappa shape index (κ1) is 13.1. The summed E-state index contributed by atoms with van der Waals surface area (Å²) >= 11 is -0.646. The van der Waals surface area contributed by atoms with Gasteiger partial charge in [-0.05, 0) is 0 Å². The third kappa shape index (κ3) is 4.24. The van der Waals surface area contributed by atoms with E-state index in [1.165, 1.54) is 31.4 Å². The van der Waals surface area contributed by atoms with E-state index in [2.05, 4.69) is 4.74 Å². The Hall–Kier alpha value is -1.00. The summed E-state index contributed by atoms with van der Waals surface area (Å²) in [6, 6.07) is 5.99. The number of carbonyl (C=O) groups is 1. The number of carbonyl (C=O) groups excluding carboxylic acids is 1. The Morgan fingerprint density at radius 2 is 1.88 bits per heavy atom. The molecule has 0 saturated carbocycles. The number of ether oxygens (including phenoxy) is 1. The topological polar surface area (TPSA) is 26.3 Å². The summed E-state index contributed by atoms with van der Waals surface area (Å²) in [7, 11) is 1.25. The maximum absolute atomic E-state index is 11.9. The number of esters is 1. The number of rotatable bonds is 3. The number of halogens is 3. The van der Waals surface area contributed by atoms with Crippen LogP contribution < -0.4 is 4.46 Å². The van der Waals surface area contributed by atoms with Crippen LogP contribution in [-0.4, -0.2) is 34.2 Å².